The summed E-state index contributed by atoms with van der Waals surface area (Å²) >= 11 is 0. The summed E-state index contributed by atoms with van der Waals surface area (Å²) in [4.78, 5) is 5.18. The molecule has 0 spiro atoms. The second-order valence-electron chi connectivity index (χ2n) is 29.8. The van der Waals surface area contributed by atoms with Crippen molar-refractivity contribution < 1.29 is 9.60 Å². The first-order chi connectivity index (χ1) is 53.3. The molecule has 4 nitrogen and oxygen atoms in total. The highest BCUT2D eigenvalue weighted by Gasteiger charge is 2.48. The van der Waals surface area contributed by atoms with E-state index >= 15 is 0 Å². The molecule has 5 heterocycles. The Balaban J connectivity index is 1.03. The predicted molar refractivity (Wildman–Crippen MR) is 439 cm³/mol. The van der Waals surface area contributed by atoms with Crippen molar-refractivity contribution >= 4 is 117 Å². The van der Waals surface area contributed by atoms with Crippen LogP contribution in [-0.4, -0.2) is 15.7 Å². The van der Waals surface area contributed by atoms with Crippen LogP contribution in [0.25, 0.3) is 132 Å². The number of hydrogen-bond donors (Lipinski definition) is 0. The fraction of sp³-hybridized carbons (Fsp3) is 0.0816. The third-order valence-electron chi connectivity index (χ3n) is 21.7. The van der Waals surface area contributed by atoms with Gasteiger partial charge in [0.05, 0.1) is 59.9 Å². The van der Waals surface area contributed by atoms with Crippen molar-refractivity contribution in [3.05, 3.63) is 345 Å². The van der Waals surface area contributed by atoms with Gasteiger partial charge in [0.2, 0.25) is 0 Å². The topological polar surface area (TPSA) is 15.8 Å². The van der Waals surface area contributed by atoms with Crippen LogP contribution in [0.5, 0.6) is 0 Å². The van der Waals surface area contributed by atoms with Gasteiger partial charge in [-0.2, -0.15) is 0 Å². The summed E-state index contributed by atoms with van der Waals surface area (Å²) in [5.41, 5.74) is 25.9. The fourth-order valence-corrected chi connectivity index (χ4v) is 16.9. The van der Waals surface area contributed by atoms with Crippen molar-refractivity contribution in [3.8, 4) is 72.4 Å². The lowest BCUT2D eigenvalue weighted by Crippen LogP contribution is -2.61. The summed E-state index contributed by atoms with van der Waals surface area (Å²) in [7, 11) is 0. The molecule has 2 aliphatic rings. The van der Waals surface area contributed by atoms with E-state index in [1.807, 2.05) is 30.3 Å². The number of hydrogen-bond acceptors (Lipinski definition) is 2. The molecular formula is C98H73BN4. The van der Waals surface area contributed by atoms with Crippen LogP contribution in [-0.2, 0) is 10.8 Å². The minimum absolute atomic E-state index is 0.0986. The van der Waals surface area contributed by atoms with Gasteiger partial charge in [-0.25, -0.2) is 0 Å². The molecule has 3 aromatic heterocycles. The van der Waals surface area contributed by atoms with Crippen molar-refractivity contribution in [2.24, 2.45) is 0 Å². The zero-order chi connectivity index (χ0) is 75.1. The fourth-order valence-electron chi connectivity index (χ4n) is 16.9. The average Bonchev–Trinajstić information content (AvgIpc) is 1.45. The zero-order valence-electron chi connectivity index (χ0n) is 65.1. The summed E-state index contributed by atoms with van der Waals surface area (Å²) in [6.45, 7) is 13.3. The molecule has 0 N–H and O–H groups in total. The van der Waals surface area contributed by atoms with Crippen LogP contribution in [0.2, 0.25) is 0 Å². The molecular weight excluding hydrogens is 1240 g/mol. The van der Waals surface area contributed by atoms with Crippen molar-refractivity contribution in [2.75, 3.05) is 9.80 Å². The number of benzene rings is 15. The second kappa shape index (κ2) is 23.1. The van der Waals surface area contributed by atoms with Crippen LogP contribution in [0.15, 0.2) is 333 Å². The standard InChI is InChI=1S/C98H73BN4/c1-97(2,3)70-56-69(57-71(60-70)98(4,5)6)68-51-55-87-82(59-68)99-81-53-52-72(100-83-47-25-22-40-77(83)80-58-67(50-54-86(80)100)62-30-12-7-13-31-62)61-88(81)103(93-75(65-36-18-10-19-37-65)45-29-46-76(93)66-38-20-11-21-39-66)96-90-79-42-24-27-49-85(79)101-84-48-26-23-41-78(84)89(94(90)101)95(91(96)99)102(87)92-73(63-32-14-8-15-33-63)43-28-44-74(92)64-34-16-9-17-35-64/h7-61H,1-6H3/i22D,25D,40D,47D,50D,54D,58D. The lowest BCUT2D eigenvalue weighted by Gasteiger charge is -2.46. The second-order valence-corrected chi connectivity index (χ2v) is 29.8. The Kier molecular flexibility index (Phi) is 12.0. The SMILES string of the molecule is [2H]c1c([2H])c([2H])c2c(c1[2H])c1c([2H])c(-c3ccccc3)c([2H])c([2H])c1n2-c1ccc2c(c1)N(c1c(-c3ccccc3)cccc1-c1ccccc1)c1c3c(c4c5ccccc5n5c6ccccc6c1c45)N(c1c(-c4ccccc4)cccc1-c1ccccc1)c1ccc(-c4cc(C(C)(C)C)cc(C(C)(C)C)c4)cc1B23. The first-order valence-corrected chi connectivity index (χ1v) is 35.7. The number of anilines is 6. The van der Waals surface area contributed by atoms with Gasteiger partial charge in [-0.3, -0.25) is 0 Å². The molecule has 0 radical (unpaired) electrons. The van der Waals surface area contributed by atoms with Gasteiger partial charge in [0.1, 0.15) is 0 Å². The van der Waals surface area contributed by atoms with Crippen LogP contribution in [0.1, 0.15) is 62.3 Å². The minimum Gasteiger partial charge on any atom is -0.309 e. The Morgan fingerprint density at radius 3 is 1.29 bits per heavy atom. The molecule has 0 aliphatic carbocycles. The van der Waals surface area contributed by atoms with Crippen LogP contribution in [0.3, 0.4) is 0 Å². The van der Waals surface area contributed by atoms with Gasteiger partial charge in [-0.1, -0.05) is 327 Å². The van der Waals surface area contributed by atoms with E-state index in [0.717, 1.165) is 144 Å². The van der Waals surface area contributed by atoms with Crippen molar-refractivity contribution in [2.45, 2.75) is 52.4 Å². The van der Waals surface area contributed by atoms with Crippen molar-refractivity contribution in [1.82, 2.24) is 8.97 Å². The van der Waals surface area contributed by atoms with E-state index in [2.05, 4.69) is 317 Å². The molecule has 20 rings (SSSR count). The van der Waals surface area contributed by atoms with Crippen LogP contribution in [0.4, 0.5) is 34.1 Å². The largest absolute Gasteiger partial charge is 0.309 e. The summed E-state index contributed by atoms with van der Waals surface area (Å²) in [6, 6.07) is 102. The molecule has 0 saturated carbocycles. The minimum atomic E-state index is -0.543. The zero-order valence-corrected chi connectivity index (χ0v) is 58.1. The van der Waals surface area contributed by atoms with Gasteiger partial charge >= 0.3 is 0 Å². The normalized spacial score (nSPS) is 13.8. The molecule has 0 fully saturated rings. The highest BCUT2D eigenvalue weighted by atomic mass is 15.2. The van der Waals surface area contributed by atoms with Crippen molar-refractivity contribution in [3.63, 3.8) is 0 Å². The highest BCUT2D eigenvalue weighted by Crippen LogP contribution is 2.59. The van der Waals surface area contributed by atoms with E-state index < -0.39 is 18.8 Å². The molecule has 0 saturated heterocycles. The molecule has 5 heteroatoms. The van der Waals surface area contributed by atoms with Gasteiger partial charge < -0.3 is 18.8 Å². The molecule has 15 aromatic carbocycles. The molecule has 0 amide bonds. The maximum Gasteiger partial charge on any atom is 0.252 e. The smallest absolute Gasteiger partial charge is 0.252 e. The Morgan fingerprint density at radius 1 is 0.311 bits per heavy atom. The Bertz CT molecular complexity index is 6740. The van der Waals surface area contributed by atoms with Crippen LogP contribution >= 0.6 is 0 Å². The molecule has 0 bridgehead atoms. The quantitative estimate of drug-likeness (QED) is 0.134. The maximum absolute atomic E-state index is 10.4. The highest BCUT2D eigenvalue weighted by molar-refractivity contribution is 7.01. The number of aromatic nitrogens is 2. The number of nitrogens with zero attached hydrogens (tertiary/aromatic N) is 4. The van der Waals surface area contributed by atoms with E-state index in [1.165, 1.54) is 11.1 Å². The molecule has 0 unspecified atom stereocenters. The molecule has 18 aromatic rings. The molecule has 0 atom stereocenters. The monoisotopic (exact) mass is 1320 g/mol. The molecule has 103 heavy (non-hydrogen) atoms. The van der Waals surface area contributed by atoms with E-state index in [-0.39, 0.29) is 68.4 Å². The number of fused-ring (bicyclic) bond motifs is 15. The molecule has 488 valence electrons. The first-order valence-electron chi connectivity index (χ1n) is 39.2. The third kappa shape index (κ3) is 9.31. The predicted octanol–water partition coefficient (Wildman–Crippen LogP) is 24.6. The summed E-state index contributed by atoms with van der Waals surface area (Å²) in [5, 5.41) is 4.60. The van der Waals surface area contributed by atoms with Gasteiger partial charge in [0, 0.05) is 71.6 Å². The van der Waals surface area contributed by atoms with Crippen LogP contribution < -0.4 is 26.2 Å². The van der Waals surface area contributed by atoms with Crippen molar-refractivity contribution in [1.29, 1.82) is 0 Å². The maximum atomic E-state index is 10.4. The lowest BCUT2D eigenvalue weighted by atomic mass is 9.33. The summed E-state index contributed by atoms with van der Waals surface area (Å²) < 4.78 is 73.7. The first kappa shape index (κ1) is 53.5. The van der Waals surface area contributed by atoms with Gasteiger partial charge in [0.15, 0.2) is 0 Å². The lowest BCUT2D eigenvalue weighted by molar-refractivity contribution is 0.569. The Labute approximate surface area is 611 Å². The van der Waals surface area contributed by atoms with Crippen LogP contribution in [0, 0.1) is 0 Å². The van der Waals surface area contributed by atoms with E-state index in [1.54, 1.807) is 4.57 Å². The van der Waals surface area contributed by atoms with Gasteiger partial charge in [0.25, 0.3) is 6.71 Å². The van der Waals surface area contributed by atoms with E-state index in [4.69, 9.17) is 0 Å². The summed E-state index contributed by atoms with van der Waals surface area (Å²) in [5.74, 6) is 0. The van der Waals surface area contributed by atoms with Gasteiger partial charge in [-0.05, 0) is 131 Å². The average molecular weight is 1320 g/mol. The van der Waals surface area contributed by atoms with E-state index in [9.17, 15) is 9.60 Å². The Morgan fingerprint density at radius 2 is 0.777 bits per heavy atom. The molecule has 2 aliphatic heterocycles. The number of rotatable bonds is 9. The Hall–Kier alpha value is -12.4. The third-order valence-corrected chi connectivity index (χ3v) is 21.7. The summed E-state index contributed by atoms with van der Waals surface area (Å²) in [6.07, 6.45) is 0. The number of para-hydroxylation sites is 5. The van der Waals surface area contributed by atoms with E-state index in [0.29, 0.717) is 11.3 Å². The van der Waals surface area contributed by atoms with Gasteiger partial charge in [-0.15, -0.1) is 0 Å².